The van der Waals surface area contributed by atoms with Crippen molar-refractivity contribution in [3.8, 4) is 5.88 Å². The van der Waals surface area contributed by atoms with E-state index in [1.807, 2.05) is 0 Å². The molecule has 0 saturated carbocycles. The van der Waals surface area contributed by atoms with E-state index in [0.717, 1.165) is 37.2 Å². The van der Waals surface area contributed by atoms with E-state index in [4.69, 9.17) is 4.74 Å². The van der Waals surface area contributed by atoms with Gasteiger partial charge in [-0.1, -0.05) is 22.9 Å². The van der Waals surface area contributed by atoms with Crippen molar-refractivity contribution in [3.63, 3.8) is 0 Å². The molecule has 5 heteroatoms. The summed E-state index contributed by atoms with van der Waals surface area (Å²) in [6, 6.07) is 1.80. The normalized spacial score (nSPS) is 10.3. The zero-order valence-corrected chi connectivity index (χ0v) is 12.1. The highest BCUT2D eigenvalue weighted by Crippen LogP contribution is 2.13. The van der Waals surface area contributed by atoms with Crippen LogP contribution in [0.5, 0.6) is 5.88 Å². The lowest BCUT2D eigenvalue weighted by atomic mass is 10.4. The first-order valence-corrected chi connectivity index (χ1v) is 7.20. The Morgan fingerprint density at radius 3 is 2.88 bits per heavy atom. The highest BCUT2D eigenvalue weighted by atomic mass is 79.9. The van der Waals surface area contributed by atoms with Crippen LogP contribution in [0, 0.1) is 0 Å². The number of rotatable bonds is 8. The Kier molecular flexibility index (Phi) is 6.93. The second-order valence-corrected chi connectivity index (χ2v) is 4.46. The van der Waals surface area contributed by atoms with Crippen molar-refractivity contribution in [2.75, 3.05) is 29.9 Å². The topological polar surface area (TPSA) is 38.2 Å². The van der Waals surface area contributed by atoms with Crippen LogP contribution in [0.4, 0.5) is 5.95 Å². The minimum absolute atomic E-state index is 0.661. The Bertz CT molecular complexity index is 322. The van der Waals surface area contributed by atoms with Crippen molar-refractivity contribution >= 4 is 21.9 Å². The molecule has 1 aromatic heterocycles. The van der Waals surface area contributed by atoms with Crippen molar-refractivity contribution < 1.29 is 4.74 Å². The second kappa shape index (κ2) is 8.28. The van der Waals surface area contributed by atoms with E-state index in [1.165, 1.54) is 0 Å². The number of hydrogen-bond acceptors (Lipinski definition) is 4. The van der Waals surface area contributed by atoms with E-state index >= 15 is 0 Å². The molecule has 1 heterocycles. The van der Waals surface area contributed by atoms with E-state index in [9.17, 15) is 0 Å². The van der Waals surface area contributed by atoms with Gasteiger partial charge in [-0.2, -0.15) is 4.98 Å². The van der Waals surface area contributed by atoms with Gasteiger partial charge in [0.2, 0.25) is 11.8 Å². The Morgan fingerprint density at radius 2 is 2.24 bits per heavy atom. The van der Waals surface area contributed by atoms with Gasteiger partial charge in [0, 0.05) is 30.7 Å². The third kappa shape index (κ3) is 4.89. The third-order valence-corrected chi connectivity index (χ3v) is 2.86. The van der Waals surface area contributed by atoms with Gasteiger partial charge in [-0.3, -0.25) is 0 Å². The number of nitrogens with zero attached hydrogens (tertiary/aromatic N) is 3. The molecule has 0 radical (unpaired) electrons. The Hall–Kier alpha value is -0.840. The Balaban J connectivity index is 2.66. The molecule has 4 nitrogen and oxygen atoms in total. The van der Waals surface area contributed by atoms with Gasteiger partial charge in [-0.15, -0.1) is 0 Å². The summed E-state index contributed by atoms with van der Waals surface area (Å²) in [7, 11) is 0. The average molecular weight is 302 g/mol. The van der Waals surface area contributed by atoms with E-state index < -0.39 is 0 Å². The van der Waals surface area contributed by atoms with Gasteiger partial charge >= 0.3 is 0 Å². The van der Waals surface area contributed by atoms with Crippen LogP contribution in [0.1, 0.15) is 26.7 Å². The lowest BCUT2D eigenvalue weighted by molar-refractivity contribution is 0.305. The first kappa shape index (κ1) is 14.2. The Morgan fingerprint density at radius 1 is 1.41 bits per heavy atom. The zero-order chi connectivity index (χ0) is 12.5. The SMILES string of the molecule is CCCOc1ccnc(N(CC)CCCBr)n1. The lowest BCUT2D eigenvalue weighted by Crippen LogP contribution is -2.26. The van der Waals surface area contributed by atoms with Gasteiger partial charge in [-0.05, 0) is 19.8 Å². The highest BCUT2D eigenvalue weighted by Gasteiger charge is 2.07. The fourth-order valence-electron chi connectivity index (χ4n) is 1.42. The van der Waals surface area contributed by atoms with Crippen LogP contribution in [0.3, 0.4) is 0 Å². The molecule has 0 N–H and O–H groups in total. The fourth-order valence-corrected chi connectivity index (χ4v) is 1.67. The molecule has 0 saturated heterocycles. The summed E-state index contributed by atoms with van der Waals surface area (Å²) < 4.78 is 5.51. The maximum atomic E-state index is 5.51. The van der Waals surface area contributed by atoms with Crippen LogP contribution >= 0.6 is 15.9 Å². The summed E-state index contributed by atoms with van der Waals surface area (Å²) >= 11 is 3.44. The Labute approximate surface area is 112 Å². The smallest absolute Gasteiger partial charge is 0.228 e. The molecule has 0 unspecified atom stereocenters. The summed E-state index contributed by atoms with van der Waals surface area (Å²) in [5.41, 5.74) is 0. The average Bonchev–Trinajstić information content (AvgIpc) is 2.38. The molecule has 17 heavy (non-hydrogen) atoms. The molecule has 1 rings (SSSR count). The minimum atomic E-state index is 0.661. The molecule has 0 fully saturated rings. The summed E-state index contributed by atoms with van der Waals surface area (Å²) in [4.78, 5) is 10.9. The van der Waals surface area contributed by atoms with E-state index in [2.05, 4.69) is 44.6 Å². The van der Waals surface area contributed by atoms with Gasteiger partial charge in [0.1, 0.15) is 0 Å². The number of halogens is 1. The molecule has 1 aromatic rings. The highest BCUT2D eigenvalue weighted by molar-refractivity contribution is 9.09. The maximum Gasteiger partial charge on any atom is 0.228 e. The number of aromatic nitrogens is 2. The molecule has 0 aliphatic heterocycles. The zero-order valence-electron chi connectivity index (χ0n) is 10.5. The van der Waals surface area contributed by atoms with Crippen LogP contribution in [-0.2, 0) is 0 Å². The predicted molar refractivity (Wildman–Crippen MR) is 74.1 cm³/mol. The van der Waals surface area contributed by atoms with Gasteiger partial charge < -0.3 is 9.64 Å². The number of ether oxygens (including phenoxy) is 1. The molecule has 0 aromatic carbocycles. The van der Waals surface area contributed by atoms with Crippen LogP contribution in [0.2, 0.25) is 0 Å². The second-order valence-electron chi connectivity index (χ2n) is 3.67. The van der Waals surface area contributed by atoms with Gasteiger partial charge in [0.25, 0.3) is 0 Å². The van der Waals surface area contributed by atoms with Crippen LogP contribution in [0.25, 0.3) is 0 Å². The van der Waals surface area contributed by atoms with E-state index in [1.54, 1.807) is 12.3 Å². The number of anilines is 1. The van der Waals surface area contributed by atoms with Crippen molar-refractivity contribution in [1.29, 1.82) is 0 Å². The molecular weight excluding hydrogens is 282 g/mol. The maximum absolute atomic E-state index is 5.51. The standard InChI is InChI=1S/C12H20BrN3O/c1-3-10-17-11-6-8-14-12(15-11)16(4-2)9-5-7-13/h6,8H,3-5,7,9-10H2,1-2H3. The van der Waals surface area contributed by atoms with E-state index in [-0.39, 0.29) is 0 Å². The first-order valence-electron chi connectivity index (χ1n) is 6.08. The van der Waals surface area contributed by atoms with Crippen LogP contribution in [-0.4, -0.2) is 35.0 Å². The molecular formula is C12H20BrN3O. The molecule has 0 aliphatic carbocycles. The quantitative estimate of drug-likeness (QED) is 0.692. The first-order chi connectivity index (χ1) is 8.31. The van der Waals surface area contributed by atoms with Crippen LogP contribution in [0.15, 0.2) is 12.3 Å². The largest absolute Gasteiger partial charge is 0.478 e. The molecule has 0 bridgehead atoms. The lowest BCUT2D eigenvalue weighted by Gasteiger charge is -2.20. The van der Waals surface area contributed by atoms with Crippen LogP contribution < -0.4 is 9.64 Å². The van der Waals surface area contributed by atoms with Gasteiger partial charge in [0.15, 0.2) is 0 Å². The van der Waals surface area contributed by atoms with Crippen molar-refractivity contribution in [3.05, 3.63) is 12.3 Å². The molecule has 0 amide bonds. The molecule has 0 aliphatic rings. The van der Waals surface area contributed by atoms with Crippen molar-refractivity contribution in [2.45, 2.75) is 26.7 Å². The van der Waals surface area contributed by atoms with Gasteiger partial charge in [-0.25, -0.2) is 4.98 Å². The summed E-state index contributed by atoms with van der Waals surface area (Å²) in [5, 5.41) is 0.996. The fraction of sp³-hybridized carbons (Fsp3) is 0.667. The number of alkyl halides is 1. The predicted octanol–water partition coefficient (Wildman–Crippen LogP) is 2.88. The molecule has 96 valence electrons. The van der Waals surface area contributed by atoms with E-state index in [0.29, 0.717) is 12.5 Å². The molecule has 0 spiro atoms. The van der Waals surface area contributed by atoms with Gasteiger partial charge in [0.05, 0.1) is 6.61 Å². The summed E-state index contributed by atoms with van der Waals surface area (Å²) in [6.45, 7) is 6.75. The minimum Gasteiger partial charge on any atom is -0.478 e. The summed E-state index contributed by atoms with van der Waals surface area (Å²) in [6.07, 6.45) is 3.82. The van der Waals surface area contributed by atoms with Crippen molar-refractivity contribution in [1.82, 2.24) is 9.97 Å². The van der Waals surface area contributed by atoms with Crippen molar-refractivity contribution in [2.24, 2.45) is 0 Å². The third-order valence-electron chi connectivity index (χ3n) is 2.30. The monoisotopic (exact) mass is 301 g/mol. The summed E-state index contributed by atoms with van der Waals surface area (Å²) in [5.74, 6) is 1.41. The molecule has 0 atom stereocenters. The number of hydrogen-bond donors (Lipinski definition) is 0.